The number of benzene rings is 3. The van der Waals surface area contributed by atoms with Gasteiger partial charge in [0.05, 0.1) is 44.5 Å². The Bertz CT molecular complexity index is 1650. The Morgan fingerprint density at radius 1 is 1.13 bits per heavy atom. The Labute approximate surface area is 276 Å². The number of ether oxygens (including phenoxy) is 2. The number of para-hydroxylation sites is 1. The molecular formula is C36H42FN3O6Si. The van der Waals surface area contributed by atoms with Crippen molar-refractivity contribution in [1.82, 2.24) is 4.90 Å². The van der Waals surface area contributed by atoms with Crippen molar-refractivity contribution in [2.45, 2.75) is 69.1 Å². The molecule has 11 heteroatoms. The molecule has 2 saturated heterocycles. The molecule has 3 aromatic carbocycles. The normalized spacial score (nSPS) is 25.4. The van der Waals surface area contributed by atoms with Crippen molar-refractivity contribution in [3.63, 3.8) is 0 Å². The maximum atomic E-state index is 16.3. The van der Waals surface area contributed by atoms with Gasteiger partial charge in [-0.2, -0.15) is 0 Å². The van der Waals surface area contributed by atoms with Crippen molar-refractivity contribution < 1.29 is 33.1 Å². The molecule has 3 aliphatic heterocycles. The molecule has 248 valence electrons. The number of halogens is 1. The maximum absolute atomic E-state index is 16.3. The molecule has 6 rings (SSSR count). The SMILES string of the molecule is COc1ccc2c(c1)[C@]1(O[C@@H](CC(=O)N3CCC[C@H]3CO)[C@H]([Si](C)(C)F)[C@H]1C)C(=O)N2Cc1cccc(N(C=O)c2ccccc2)c1. The van der Waals surface area contributed by atoms with E-state index in [1.165, 1.54) is 0 Å². The van der Waals surface area contributed by atoms with Crippen molar-refractivity contribution in [3.8, 4) is 5.75 Å². The van der Waals surface area contributed by atoms with Gasteiger partial charge in [0, 0.05) is 34.9 Å². The van der Waals surface area contributed by atoms with Crippen LogP contribution >= 0.6 is 0 Å². The monoisotopic (exact) mass is 659 g/mol. The number of nitrogens with zero attached hydrogens (tertiary/aromatic N) is 3. The second-order valence-corrected chi connectivity index (χ2v) is 17.1. The van der Waals surface area contributed by atoms with Gasteiger partial charge in [0.1, 0.15) is 5.75 Å². The number of carbonyl (C=O) groups excluding carboxylic acids is 3. The minimum atomic E-state index is -3.49. The molecule has 0 aliphatic carbocycles. The zero-order valence-electron chi connectivity index (χ0n) is 27.3. The number of fused-ring (bicyclic) bond motifs is 2. The smallest absolute Gasteiger partial charge is 0.264 e. The number of aliphatic hydroxyl groups is 1. The van der Waals surface area contributed by atoms with Crippen molar-refractivity contribution in [2.24, 2.45) is 5.92 Å². The third-order valence-electron chi connectivity index (χ3n) is 10.1. The van der Waals surface area contributed by atoms with Gasteiger partial charge in [-0.15, -0.1) is 0 Å². The van der Waals surface area contributed by atoms with Gasteiger partial charge in [0.15, 0.2) is 5.60 Å². The molecule has 0 aromatic heterocycles. The van der Waals surface area contributed by atoms with E-state index in [1.54, 1.807) is 47.0 Å². The Kier molecular flexibility index (Phi) is 8.99. The molecule has 5 atom stereocenters. The van der Waals surface area contributed by atoms with Crippen LogP contribution in [0.3, 0.4) is 0 Å². The summed E-state index contributed by atoms with van der Waals surface area (Å²) in [5, 5.41) is 9.84. The Balaban J connectivity index is 1.37. The predicted octanol–water partition coefficient (Wildman–Crippen LogP) is 5.68. The van der Waals surface area contributed by atoms with Crippen LogP contribution in [0.5, 0.6) is 5.75 Å². The van der Waals surface area contributed by atoms with Gasteiger partial charge >= 0.3 is 0 Å². The molecule has 47 heavy (non-hydrogen) atoms. The van der Waals surface area contributed by atoms with Crippen molar-refractivity contribution in [3.05, 3.63) is 83.9 Å². The molecule has 3 aromatic rings. The first kappa shape index (κ1) is 32.9. The molecule has 9 nitrogen and oxygen atoms in total. The van der Waals surface area contributed by atoms with E-state index in [0.29, 0.717) is 34.9 Å². The number of carbonyl (C=O) groups is 3. The van der Waals surface area contributed by atoms with Crippen LogP contribution in [0, 0.1) is 5.92 Å². The topological polar surface area (TPSA) is 99.6 Å². The van der Waals surface area contributed by atoms with E-state index in [9.17, 15) is 19.5 Å². The zero-order valence-corrected chi connectivity index (χ0v) is 28.3. The Morgan fingerprint density at radius 2 is 1.87 bits per heavy atom. The first-order chi connectivity index (χ1) is 22.5. The first-order valence-corrected chi connectivity index (χ1v) is 19.1. The lowest BCUT2D eigenvalue weighted by Gasteiger charge is -2.31. The fourth-order valence-corrected chi connectivity index (χ4v) is 10.5. The van der Waals surface area contributed by atoms with Crippen molar-refractivity contribution in [1.29, 1.82) is 0 Å². The molecule has 0 radical (unpaired) electrons. The third kappa shape index (κ3) is 5.74. The fraction of sp³-hybridized carbons (Fsp3) is 0.417. The van der Waals surface area contributed by atoms with Crippen LogP contribution in [-0.2, 0) is 31.3 Å². The van der Waals surface area contributed by atoms with E-state index in [2.05, 4.69) is 0 Å². The highest BCUT2D eigenvalue weighted by Crippen LogP contribution is 2.60. The summed E-state index contributed by atoms with van der Waals surface area (Å²) in [7, 11) is -1.94. The minimum absolute atomic E-state index is 0.0662. The fourth-order valence-electron chi connectivity index (χ4n) is 8.00. The van der Waals surface area contributed by atoms with Gasteiger partial charge in [-0.25, -0.2) is 0 Å². The molecule has 0 saturated carbocycles. The van der Waals surface area contributed by atoms with Gasteiger partial charge in [0.25, 0.3) is 5.91 Å². The minimum Gasteiger partial charge on any atom is -0.497 e. The Morgan fingerprint density at radius 3 is 2.55 bits per heavy atom. The van der Waals surface area contributed by atoms with Gasteiger partial charge in [-0.3, -0.25) is 19.3 Å². The number of methoxy groups -OCH3 is 1. The van der Waals surface area contributed by atoms with Gasteiger partial charge in [-0.05, 0) is 74.0 Å². The van der Waals surface area contributed by atoms with E-state index < -0.39 is 31.6 Å². The van der Waals surface area contributed by atoms with Crippen LogP contribution in [0.2, 0.25) is 18.6 Å². The second-order valence-electron chi connectivity index (χ2n) is 13.3. The van der Waals surface area contributed by atoms with Gasteiger partial charge in [0.2, 0.25) is 20.7 Å². The summed E-state index contributed by atoms with van der Waals surface area (Å²) in [4.78, 5) is 45.4. The molecule has 2 fully saturated rings. The van der Waals surface area contributed by atoms with Gasteiger partial charge < -0.3 is 28.5 Å². The number of hydrogen-bond donors (Lipinski definition) is 1. The van der Waals surface area contributed by atoms with Crippen LogP contribution in [0.25, 0.3) is 0 Å². The highest BCUT2D eigenvalue weighted by atomic mass is 28.4. The van der Waals surface area contributed by atoms with E-state index in [0.717, 1.165) is 24.8 Å². The van der Waals surface area contributed by atoms with Crippen LogP contribution in [-0.4, -0.2) is 69.0 Å². The molecule has 3 amide bonds. The predicted molar refractivity (Wildman–Crippen MR) is 180 cm³/mol. The number of aliphatic hydroxyl groups excluding tert-OH is 1. The first-order valence-electron chi connectivity index (χ1n) is 16.2. The van der Waals surface area contributed by atoms with E-state index in [4.69, 9.17) is 9.47 Å². The average molecular weight is 660 g/mol. The molecule has 1 N–H and O–H groups in total. The highest BCUT2D eigenvalue weighted by molar-refractivity contribution is 6.72. The van der Waals surface area contributed by atoms with Gasteiger partial charge in [-0.1, -0.05) is 37.3 Å². The highest BCUT2D eigenvalue weighted by Gasteiger charge is 2.67. The maximum Gasteiger partial charge on any atom is 0.264 e. The zero-order chi connectivity index (χ0) is 33.5. The van der Waals surface area contributed by atoms with E-state index in [-0.39, 0.29) is 37.4 Å². The van der Waals surface area contributed by atoms with Crippen molar-refractivity contribution >= 4 is 43.7 Å². The molecule has 1 spiro atoms. The molecular weight excluding hydrogens is 617 g/mol. The summed E-state index contributed by atoms with van der Waals surface area (Å²) in [6.45, 7) is 5.69. The molecule has 0 unspecified atom stereocenters. The molecule has 0 bridgehead atoms. The van der Waals surface area contributed by atoms with Crippen LogP contribution in [0.15, 0.2) is 72.8 Å². The average Bonchev–Trinajstić information content (AvgIpc) is 3.72. The summed E-state index contributed by atoms with van der Waals surface area (Å²) in [6, 6.07) is 21.9. The van der Waals surface area contributed by atoms with E-state index in [1.807, 2.05) is 67.6 Å². The van der Waals surface area contributed by atoms with Crippen molar-refractivity contribution in [2.75, 3.05) is 30.1 Å². The summed E-state index contributed by atoms with van der Waals surface area (Å²) in [5.41, 5.74) is 1.22. The standard InChI is InChI=1S/C36H42FN3O6Si/c1-24-34(47(3,4)37)32(20-33(43)38-17-9-14-28(38)22-41)46-36(24)30-19-29(45-2)15-16-31(30)39(35(36)44)21-25-10-8-13-27(18-25)40(23-42)26-11-6-5-7-12-26/h5-8,10-13,15-16,18-19,23-24,28,32,34,41H,9,14,17,20-22H2,1-4H3/t24-,28+,32+,34-,36+/m1/s1. The number of anilines is 3. The van der Waals surface area contributed by atoms with Crippen LogP contribution < -0.4 is 14.5 Å². The summed E-state index contributed by atoms with van der Waals surface area (Å²) in [5.74, 6) is -0.544. The van der Waals surface area contributed by atoms with E-state index >= 15 is 4.11 Å². The van der Waals surface area contributed by atoms with Crippen LogP contribution in [0.4, 0.5) is 21.2 Å². The summed E-state index contributed by atoms with van der Waals surface area (Å²) >= 11 is 0. The molecule has 3 aliphatic rings. The van der Waals surface area contributed by atoms with Crippen LogP contribution in [0.1, 0.15) is 37.3 Å². The number of hydrogen-bond acceptors (Lipinski definition) is 6. The molecule has 3 heterocycles. The summed E-state index contributed by atoms with van der Waals surface area (Å²) < 4.78 is 28.7. The number of amides is 3. The Hall–Kier alpha value is -4.06. The quantitative estimate of drug-likeness (QED) is 0.171. The number of likely N-dealkylation sites (tertiary alicyclic amines) is 1. The second kappa shape index (κ2) is 12.9. The third-order valence-corrected chi connectivity index (χ3v) is 12.6. The number of rotatable bonds is 10. The largest absolute Gasteiger partial charge is 0.497 e. The summed E-state index contributed by atoms with van der Waals surface area (Å²) in [6.07, 6.45) is 1.40. The lowest BCUT2D eigenvalue weighted by molar-refractivity contribution is -0.150. The lowest BCUT2D eigenvalue weighted by atomic mass is 9.82. The lowest BCUT2D eigenvalue weighted by Crippen LogP contribution is -2.45.